The van der Waals surface area contributed by atoms with Crippen LogP contribution in [-0.2, 0) is 4.79 Å². The molecule has 0 saturated heterocycles. The van der Waals surface area contributed by atoms with Gasteiger partial charge in [-0.3, -0.25) is 4.79 Å². The maximum absolute atomic E-state index is 13.5. The number of rotatable bonds is 4. The van der Waals surface area contributed by atoms with Crippen molar-refractivity contribution < 1.29 is 23.0 Å². The second-order valence-corrected chi connectivity index (χ2v) is 5.79. The molecule has 0 unspecified atom stereocenters. The number of anilines is 1. The summed E-state index contributed by atoms with van der Waals surface area (Å²) in [7, 11) is 0. The van der Waals surface area contributed by atoms with E-state index in [0.717, 1.165) is 17.0 Å². The largest absolute Gasteiger partial charge is 0.486 e. The molecule has 1 heterocycles. The van der Waals surface area contributed by atoms with Gasteiger partial charge in [0.1, 0.15) is 30.5 Å². The van der Waals surface area contributed by atoms with Crippen molar-refractivity contribution in [2.75, 3.05) is 24.3 Å². The van der Waals surface area contributed by atoms with Gasteiger partial charge >= 0.3 is 0 Å². The molecule has 1 aliphatic heterocycles. The Kier molecular flexibility index (Phi) is 4.66. The van der Waals surface area contributed by atoms with E-state index in [1.165, 1.54) is 17.8 Å². The van der Waals surface area contributed by atoms with Crippen LogP contribution < -0.4 is 14.8 Å². The Morgan fingerprint density at radius 1 is 1.09 bits per heavy atom. The van der Waals surface area contributed by atoms with E-state index in [1.807, 2.05) is 0 Å². The van der Waals surface area contributed by atoms with Gasteiger partial charge in [0.2, 0.25) is 5.91 Å². The monoisotopic (exact) mass is 337 g/mol. The van der Waals surface area contributed by atoms with Crippen molar-refractivity contribution in [2.24, 2.45) is 0 Å². The molecule has 3 rings (SSSR count). The van der Waals surface area contributed by atoms with Crippen LogP contribution in [0.15, 0.2) is 41.3 Å². The number of carbonyl (C=O) groups excluding carboxylic acids is 1. The van der Waals surface area contributed by atoms with Gasteiger partial charge in [-0.05, 0) is 30.3 Å². The summed E-state index contributed by atoms with van der Waals surface area (Å²) < 4.78 is 37.8. The Morgan fingerprint density at radius 3 is 2.52 bits per heavy atom. The van der Waals surface area contributed by atoms with E-state index in [0.29, 0.717) is 24.7 Å². The maximum Gasteiger partial charge on any atom is 0.234 e. The van der Waals surface area contributed by atoms with E-state index in [1.54, 1.807) is 18.2 Å². The molecule has 1 aliphatic rings. The fourth-order valence-electron chi connectivity index (χ4n) is 2.06. The SMILES string of the molecule is O=C(CSc1ccc2c(c1)OCCO2)Nc1c(F)cccc1F. The van der Waals surface area contributed by atoms with Gasteiger partial charge in [-0.2, -0.15) is 0 Å². The number of amides is 1. The third-order valence-electron chi connectivity index (χ3n) is 3.11. The lowest BCUT2D eigenvalue weighted by Crippen LogP contribution is -2.16. The van der Waals surface area contributed by atoms with Crippen molar-refractivity contribution in [3.05, 3.63) is 48.0 Å². The van der Waals surface area contributed by atoms with Crippen molar-refractivity contribution in [2.45, 2.75) is 4.90 Å². The second-order valence-electron chi connectivity index (χ2n) is 4.74. The number of nitrogens with one attached hydrogen (secondary N) is 1. The molecule has 0 atom stereocenters. The molecule has 1 amide bonds. The number of para-hydroxylation sites is 1. The first-order valence-electron chi connectivity index (χ1n) is 6.90. The molecule has 2 aromatic carbocycles. The molecule has 4 nitrogen and oxygen atoms in total. The van der Waals surface area contributed by atoms with Crippen LogP contribution in [0.4, 0.5) is 14.5 Å². The average molecular weight is 337 g/mol. The molecular weight excluding hydrogens is 324 g/mol. The summed E-state index contributed by atoms with van der Waals surface area (Å²) in [5, 5.41) is 2.25. The highest BCUT2D eigenvalue weighted by Gasteiger charge is 2.14. The number of hydrogen-bond donors (Lipinski definition) is 1. The van der Waals surface area contributed by atoms with Gasteiger partial charge in [0, 0.05) is 4.90 Å². The van der Waals surface area contributed by atoms with Crippen molar-refractivity contribution in [1.82, 2.24) is 0 Å². The third-order valence-corrected chi connectivity index (χ3v) is 4.10. The second kappa shape index (κ2) is 6.87. The number of carbonyl (C=O) groups is 1. The molecule has 1 N–H and O–H groups in total. The molecule has 0 fully saturated rings. The highest BCUT2D eigenvalue weighted by molar-refractivity contribution is 8.00. The summed E-state index contributed by atoms with van der Waals surface area (Å²) in [4.78, 5) is 12.7. The molecular formula is C16H13F2NO3S. The molecule has 2 aromatic rings. The average Bonchev–Trinajstić information content (AvgIpc) is 2.56. The van der Waals surface area contributed by atoms with Crippen molar-refractivity contribution in [1.29, 1.82) is 0 Å². The first-order chi connectivity index (χ1) is 11.1. The van der Waals surface area contributed by atoms with Crippen LogP contribution in [0.3, 0.4) is 0 Å². The molecule has 0 aliphatic carbocycles. The fourth-order valence-corrected chi connectivity index (χ4v) is 2.78. The van der Waals surface area contributed by atoms with E-state index in [2.05, 4.69) is 5.32 Å². The van der Waals surface area contributed by atoms with Crippen LogP contribution in [0.2, 0.25) is 0 Å². The lowest BCUT2D eigenvalue weighted by molar-refractivity contribution is -0.113. The number of halogens is 2. The lowest BCUT2D eigenvalue weighted by atomic mass is 10.3. The lowest BCUT2D eigenvalue weighted by Gasteiger charge is -2.18. The predicted molar refractivity (Wildman–Crippen MR) is 83.1 cm³/mol. The Balaban J connectivity index is 1.61. The number of ether oxygens (including phenoxy) is 2. The van der Waals surface area contributed by atoms with Crippen LogP contribution >= 0.6 is 11.8 Å². The van der Waals surface area contributed by atoms with Crippen LogP contribution in [0.5, 0.6) is 11.5 Å². The van der Waals surface area contributed by atoms with Crippen molar-refractivity contribution in [3.8, 4) is 11.5 Å². The van der Waals surface area contributed by atoms with Crippen LogP contribution in [-0.4, -0.2) is 24.9 Å². The molecule has 120 valence electrons. The first kappa shape index (κ1) is 15.6. The maximum atomic E-state index is 13.5. The van der Waals surface area contributed by atoms with Gasteiger partial charge < -0.3 is 14.8 Å². The summed E-state index contributed by atoms with van der Waals surface area (Å²) in [6.07, 6.45) is 0. The highest BCUT2D eigenvalue weighted by atomic mass is 32.2. The molecule has 0 radical (unpaired) electrons. The summed E-state index contributed by atoms with van der Waals surface area (Å²) in [5.74, 6) is -0.785. The number of fused-ring (bicyclic) bond motifs is 1. The Hall–Kier alpha value is -2.28. The van der Waals surface area contributed by atoms with Crippen molar-refractivity contribution in [3.63, 3.8) is 0 Å². The van der Waals surface area contributed by atoms with Crippen molar-refractivity contribution >= 4 is 23.4 Å². The molecule has 0 spiro atoms. The minimum atomic E-state index is -0.803. The zero-order valence-corrected chi connectivity index (χ0v) is 12.8. The Morgan fingerprint density at radius 2 is 1.78 bits per heavy atom. The minimum Gasteiger partial charge on any atom is -0.486 e. The number of thioether (sulfide) groups is 1. The standard InChI is InChI=1S/C16H13F2NO3S/c17-11-2-1-3-12(18)16(11)19-15(20)9-23-10-4-5-13-14(8-10)22-7-6-21-13/h1-5,8H,6-7,9H2,(H,19,20). The molecule has 23 heavy (non-hydrogen) atoms. The number of benzene rings is 2. The third kappa shape index (κ3) is 3.73. The van der Waals surface area contributed by atoms with Gasteiger partial charge in [0.05, 0.1) is 5.75 Å². The zero-order chi connectivity index (χ0) is 16.2. The Labute approximate surface area is 135 Å². The topological polar surface area (TPSA) is 47.6 Å². The molecule has 7 heteroatoms. The summed E-state index contributed by atoms with van der Waals surface area (Å²) in [6.45, 7) is 0.990. The van der Waals surface area contributed by atoms with Crippen LogP contribution in [0, 0.1) is 11.6 Å². The van der Waals surface area contributed by atoms with Gasteiger partial charge in [0.15, 0.2) is 11.5 Å². The molecule has 0 bridgehead atoms. The summed E-state index contributed by atoms with van der Waals surface area (Å²) >= 11 is 1.24. The van der Waals surface area contributed by atoms with Crippen LogP contribution in [0.25, 0.3) is 0 Å². The fraction of sp³-hybridized carbons (Fsp3) is 0.188. The zero-order valence-electron chi connectivity index (χ0n) is 12.0. The highest BCUT2D eigenvalue weighted by Crippen LogP contribution is 2.34. The van der Waals surface area contributed by atoms with Gasteiger partial charge in [-0.15, -0.1) is 11.8 Å². The molecule has 0 saturated carbocycles. The predicted octanol–water partition coefficient (Wildman–Crippen LogP) is 3.47. The summed E-state index contributed by atoms with van der Waals surface area (Å²) in [5.41, 5.74) is -0.430. The van der Waals surface area contributed by atoms with Gasteiger partial charge in [0.25, 0.3) is 0 Å². The smallest absolute Gasteiger partial charge is 0.234 e. The first-order valence-corrected chi connectivity index (χ1v) is 7.88. The minimum absolute atomic E-state index is 0.0212. The summed E-state index contributed by atoms with van der Waals surface area (Å²) in [6, 6.07) is 8.76. The van der Waals surface area contributed by atoms with E-state index < -0.39 is 23.2 Å². The quantitative estimate of drug-likeness (QED) is 0.868. The van der Waals surface area contributed by atoms with E-state index in [4.69, 9.17) is 9.47 Å². The van der Waals surface area contributed by atoms with Gasteiger partial charge in [-0.1, -0.05) is 6.07 Å². The van der Waals surface area contributed by atoms with E-state index >= 15 is 0 Å². The van der Waals surface area contributed by atoms with Crippen LogP contribution in [0.1, 0.15) is 0 Å². The number of hydrogen-bond acceptors (Lipinski definition) is 4. The Bertz CT molecular complexity index is 719. The molecule has 0 aromatic heterocycles. The normalized spacial score (nSPS) is 12.8. The van der Waals surface area contributed by atoms with Gasteiger partial charge in [-0.25, -0.2) is 8.78 Å². The van der Waals surface area contributed by atoms with E-state index in [-0.39, 0.29) is 5.75 Å². The van der Waals surface area contributed by atoms with E-state index in [9.17, 15) is 13.6 Å².